The zero-order valence-electron chi connectivity index (χ0n) is 22.3. The quantitative estimate of drug-likeness (QED) is 0.159. The highest BCUT2D eigenvalue weighted by atomic mass is 35.5. The summed E-state index contributed by atoms with van der Waals surface area (Å²) in [5, 5.41) is 15.0. The molecule has 2 aromatic carbocycles. The Labute approximate surface area is 240 Å². The van der Waals surface area contributed by atoms with Gasteiger partial charge in [0.05, 0.1) is 12.9 Å². The molecule has 0 bridgehead atoms. The molecular weight excluding hydrogens is 556 g/mol. The number of thiophene rings is 1. The zero-order valence-corrected chi connectivity index (χ0v) is 24.7. The van der Waals surface area contributed by atoms with Gasteiger partial charge in [0.2, 0.25) is 5.91 Å². The van der Waals surface area contributed by atoms with Crippen molar-refractivity contribution >= 4 is 51.6 Å². The van der Waals surface area contributed by atoms with Crippen molar-refractivity contribution < 1.29 is 19.1 Å². The van der Waals surface area contributed by atoms with Crippen LogP contribution in [0.1, 0.15) is 47.3 Å². The topological polar surface area (TPSA) is 95.3 Å². The highest BCUT2D eigenvalue weighted by Crippen LogP contribution is 2.37. The highest BCUT2D eigenvalue weighted by Gasteiger charge is 2.24. The van der Waals surface area contributed by atoms with Crippen LogP contribution >= 0.6 is 34.7 Å². The van der Waals surface area contributed by atoms with Gasteiger partial charge in [0.15, 0.2) is 17.1 Å². The van der Waals surface area contributed by atoms with Gasteiger partial charge in [-0.25, -0.2) is 4.79 Å². The SMILES string of the molecule is CCn1c(SCC(=O)Nc2scc(-c3ccc(Cl)cc3)c2C(=O)OC)nnc1C(C)Oc1cccc(C)c1C. The Morgan fingerprint density at radius 2 is 1.90 bits per heavy atom. The van der Waals surface area contributed by atoms with Crippen LogP contribution < -0.4 is 10.1 Å². The molecule has 8 nitrogen and oxygen atoms in total. The van der Waals surface area contributed by atoms with Crippen molar-refractivity contribution in [3.63, 3.8) is 0 Å². The minimum absolute atomic E-state index is 0.0825. The van der Waals surface area contributed by atoms with Crippen LogP contribution in [0.25, 0.3) is 11.1 Å². The summed E-state index contributed by atoms with van der Waals surface area (Å²) in [6.45, 7) is 8.62. The number of amides is 1. The number of carbonyl (C=O) groups is 2. The number of ether oxygens (including phenoxy) is 2. The van der Waals surface area contributed by atoms with E-state index < -0.39 is 5.97 Å². The number of halogens is 1. The van der Waals surface area contributed by atoms with Crippen LogP contribution in [0, 0.1) is 13.8 Å². The lowest BCUT2D eigenvalue weighted by molar-refractivity contribution is -0.113. The van der Waals surface area contributed by atoms with E-state index in [0.717, 1.165) is 22.4 Å². The number of rotatable bonds is 10. The number of methoxy groups -OCH3 is 1. The van der Waals surface area contributed by atoms with Crippen LogP contribution in [0.2, 0.25) is 5.02 Å². The first kappa shape index (κ1) is 28.7. The van der Waals surface area contributed by atoms with Gasteiger partial charge in [-0.05, 0) is 62.6 Å². The lowest BCUT2D eigenvalue weighted by Gasteiger charge is -2.17. The van der Waals surface area contributed by atoms with E-state index in [9.17, 15) is 9.59 Å². The number of aromatic nitrogens is 3. The molecule has 0 spiro atoms. The summed E-state index contributed by atoms with van der Waals surface area (Å²) < 4.78 is 13.1. The number of nitrogens with zero attached hydrogens (tertiary/aromatic N) is 3. The minimum Gasteiger partial charge on any atom is -0.482 e. The number of esters is 1. The number of thioether (sulfide) groups is 1. The van der Waals surface area contributed by atoms with Gasteiger partial charge in [-0.3, -0.25) is 4.79 Å². The van der Waals surface area contributed by atoms with E-state index in [1.807, 2.05) is 68.0 Å². The third-order valence-electron chi connectivity index (χ3n) is 6.21. The van der Waals surface area contributed by atoms with Crippen molar-refractivity contribution in [1.82, 2.24) is 14.8 Å². The Morgan fingerprint density at radius 1 is 1.15 bits per heavy atom. The molecule has 4 aromatic rings. The predicted molar refractivity (Wildman–Crippen MR) is 156 cm³/mol. The first-order chi connectivity index (χ1) is 18.7. The Kier molecular flexibility index (Phi) is 9.32. The average Bonchev–Trinajstić information content (AvgIpc) is 3.54. The fourth-order valence-electron chi connectivity index (χ4n) is 3.99. The molecule has 39 heavy (non-hydrogen) atoms. The lowest BCUT2D eigenvalue weighted by atomic mass is 10.0. The first-order valence-corrected chi connectivity index (χ1v) is 14.5. The molecule has 0 radical (unpaired) electrons. The molecule has 2 heterocycles. The summed E-state index contributed by atoms with van der Waals surface area (Å²) >= 11 is 8.54. The monoisotopic (exact) mass is 584 g/mol. The maximum atomic E-state index is 12.9. The van der Waals surface area contributed by atoms with Crippen LogP contribution in [0.5, 0.6) is 5.75 Å². The Hall–Kier alpha value is -3.34. The number of benzene rings is 2. The molecule has 0 aliphatic rings. The van der Waals surface area contributed by atoms with Crippen LogP contribution in [0.15, 0.2) is 53.0 Å². The molecule has 1 atom stereocenters. The number of anilines is 1. The van der Waals surface area contributed by atoms with Crippen molar-refractivity contribution in [1.29, 1.82) is 0 Å². The minimum atomic E-state index is -0.530. The molecule has 0 saturated carbocycles. The van der Waals surface area contributed by atoms with Gasteiger partial charge in [0.1, 0.15) is 16.3 Å². The average molecular weight is 585 g/mol. The largest absolute Gasteiger partial charge is 0.482 e. The van der Waals surface area contributed by atoms with Gasteiger partial charge in [0.25, 0.3) is 0 Å². The van der Waals surface area contributed by atoms with Gasteiger partial charge in [-0.2, -0.15) is 0 Å². The Balaban J connectivity index is 1.46. The number of nitrogens with one attached hydrogen (secondary N) is 1. The zero-order chi connectivity index (χ0) is 28.1. The molecule has 204 valence electrons. The van der Waals surface area contributed by atoms with E-state index in [0.29, 0.717) is 38.7 Å². The van der Waals surface area contributed by atoms with Gasteiger partial charge >= 0.3 is 5.97 Å². The molecule has 0 saturated heterocycles. The summed E-state index contributed by atoms with van der Waals surface area (Å²) in [6, 6.07) is 13.1. The summed E-state index contributed by atoms with van der Waals surface area (Å²) in [4.78, 5) is 25.5. The van der Waals surface area contributed by atoms with E-state index in [1.54, 1.807) is 12.1 Å². The Morgan fingerprint density at radius 3 is 2.59 bits per heavy atom. The maximum absolute atomic E-state index is 12.9. The van der Waals surface area contributed by atoms with Crippen molar-refractivity contribution in [2.24, 2.45) is 0 Å². The van der Waals surface area contributed by atoms with Crippen molar-refractivity contribution in [2.45, 2.75) is 45.5 Å². The molecule has 2 aromatic heterocycles. The third kappa shape index (κ3) is 6.46. The summed E-state index contributed by atoms with van der Waals surface area (Å²) in [6.07, 6.45) is -0.332. The first-order valence-electron chi connectivity index (χ1n) is 12.3. The summed E-state index contributed by atoms with van der Waals surface area (Å²) in [5.41, 5.74) is 4.00. The van der Waals surface area contributed by atoms with E-state index in [-0.39, 0.29) is 17.8 Å². The molecular formula is C28H29ClN4O4S2. The van der Waals surface area contributed by atoms with Gasteiger partial charge in [-0.1, -0.05) is 47.6 Å². The third-order valence-corrected chi connectivity index (χ3v) is 8.32. The van der Waals surface area contributed by atoms with Gasteiger partial charge in [0, 0.05) is 22.5 Å². The Bertz CT molecular complexity index is 1480. The second kappa shape index (κ2) is 12.7. The number of hydrogen-bond donors (Lipinski definition) is 1. The van der Waals surface area contributed by atoms with Crippen molar-refractivity contribution in [3.05, 3.63) is 75.4 Å². The smallest absolute Gasteiger partial charge is 0.341 e. The van der Waals surface area contributed by atoms with Crippen LogP contribution in [0.3, 0.4) is 0 Å². The number of aryl methyl sites for hydroxylation is 1. The van der Waals surface area contributed by atoms with Crippen LogP contribution in [-0.2, 0) is 16.1 Å². The molecule has 1 amide bonds. The molecule has 1 N–H and O–H groups in total. The summed E-state index contributed by atoms with van der Waals surface area (Å²) in [7, 11) is 1.31. The van der Waals surface area contributed by atoms with E-state index >= 15 is 0 Å². The molecule has 11 heteroatoms. The van der Waals surface area contributed by atoms with E-state index in [2.05, 4.69) is 15.5 Å². The maximum Gasteiger partial charge on any atom is 0.341 e. The van der Waals surface area contributed by atoms with Crippen LogP contribution in [-0.4, -0.2) is 39.5 Å². The predicted octanol–water partition coefficient (Wildman–Crippen LogP) is 6.95. The number of carbonyl (C=O) groups excluding carboxylic acids is 2. The molecule has 0 aliphatic heterocycles. The highest BCUT2D eigenvalue weighted by molar-refractivity contribution is 7.99. The van der Waals surface area contributed by atoms with Gasteiger partial charge < -0.3 is 19.4 Å². The second-order valence-corrected chi connectivity index (χ2v) is 11.0. The van der Waals surface area contributed by atoms with Crippen molar-refractivity contribution in [2.75, 3.05) is 18.2 Å². The normalized spacial score (nSPS) is 11.7. The molecule has 0 aliphatic carbocycles. The summed E-state index contributed by atoms with van der Waals surface area (Å²) in [5.74, 6) is 0.759. The lowest BCUT2D eigenvalue weighted by Crippen LogP contribution is -2.17. The fraction of sp³-hybridized carbons (Fsp3) is 0.286. The van der Waals surface area contributed by atoms with Crippen LogP contribution in [0.4, 0.5) is 5.00 Å². The second-order valence-electron chi connectivity index (χ2n) is 8.73. The van der Waals surface area contributed by atoms with E-state index in [4.69, 9.17) is 21.1 Å². The fourth-order valence-corrected chi connectivity index (χ4v) is 5.90. The van der Waals surface area contributed by atoms with E-state index in [1.165, 1.54) is 30.2 Å². The standard InChI is InChI=1S/C28H29ClN4O4S2/c1-6-33-25(18(4)37-22-9-7-8-16(2)17(22)3)31-32-28(33)39-15-23(34)30-26-24(27(35)36-5)21(14-38-26)19-10-12-20(29)13-11-19/h7-14,18H,6,15H2,1-5H3,(H,30,34). The molecule has 4 rings (SSSR count). The van der Waals surface area contributed by atoms with Crippen molar-refractivity contribution in [3.8, 4) is 16.9 Å². The number of hydrogen-bond acceptors (Lipinski definition) is 8. The van der Waals surface area contributed by atoms with Gasteiger partial charge in [-0.15, -0.1) is 21.5 Å². The molecule has 1 unspecified atom stereocenters. The molecule has 0 fully saturated rings.